The molecule has 6 heteroatoms. The van der Waals surface area contributed by atoms with Crippen molar-refractivity contribution in [3.8, 4) is 0 Å². The number of hydrogen-bond donors (Lipinski definition) is 1. The normalized spacial score (nSPS) is 16.2. The van der Waals surface area contributed by atoms with E-state index in [0.717, 1.165) is 5.56 Å². The molecule has 0 saturated carbocycles. The molecule has 1 amide bonds. The van der Waals surface area contributed by atoms with Crippen LogP contribution in [0.5, 0.6) is 0 Å². The lowest BCUT2D eigenvalue weighted by Gasteiger charge is -2.33. The zero-order chi connectivity index (χ0) is 14.7. The van der Waals surface area contributed by atoms with Crippen LogP contribution >= 0.6 is 0 Å². The molecule has 1 aliphatic heterocycles. The molecule has 20 heavy (non-hydrogen) atoms. The summed E-state index contributed by atoms with van der Waals surface area (Å²) in [4.78, 5) is 26.1. The molecular formula is C14H17FN2O3. The van der Waals surface area contributed by atoms with Crippen LogP contribution in [-0.4, -0.2) is 59.5 Å². The van der Waals surface area contributed by atoms with Gasteiger partial charge in [-0.3, -0.25) is 14.5 Å². The zero-order valence-corrected chi connectivity index (χ0v) is 11.3. The highest BCUT2D eigenvalue weighted by atomic mass is 19.1. The summed E-state index contributed by atoms with van der Waals surface area (Å²) >= 11 is 0. The van der Waals surface area contributed by atoms with Crippen LogP contribution in [0.3, 0.4) is 0 Å². The number of carbonyl (C=O) groups is 2. The zero-order valence-electron chi connectivity index (χ0n) is 11.3. The highest BCUT2D eigenvalue weighted by molar-refractivity contribution is 5.94. The highest BCUT2D eigenvalue weighted by Crippen LogP contribution is 2.14. The van der Waals surface area contributed by atoms with E-state index in [9.17, 15) is 14.0 Å². The summed E-state index contributed by atoms with van der Waals surface area (Å²) in [5.41, 5.74) is 0.840. The van der Waals surface area contributed by atoms with Gasteiger partial charge in [-0.25, -0.2) is 4.39 Å². The van der Waals surface area contributed by atoms with Crippen molar-refractivity contribution in [1.82, 2.24) is 9.80 Å². The number of piperazine rings is 1. The number of hydrogen-bond acceptors (Lipinski definition) is 3. The molecule has 0 radical (unpaired) electrons. The van der Waals surface area contributed by atoms with Crippen molar-refractivity contribution >= 4 is 11.9 Å². The summed E-state index contributed by atoms with van der Waals surface area (Å²) in [5, 5.41) is 8.71. The Morgan fingerprint density at radius 1 is 1.25 bits per heavy atom. The van der Waals surface area contributed by atoms with Gasteiger partial charge >= 0.3 is 5.97 Å². The van der Waals surface area contributed by atoms with Gasteiger partial charge in [-0.1, -0.05) is 6.07 Å². The van der Waals surface area contributed by atoms with Crippen molar-refractivity contribution in [2.45, 2.75) is 6.92 Å². The van der Waals surface area contributed by atoms with Gasteiger partial charge in [-0.05, 0) is 24.6 Å². The van der Waals surface area contributed by atoms with E-state index < -0.39 is 11.8 Å². The molecule has 0 spiro atoms. The molecule has 0 unspecified atom stereocenters. The Morgan fingerprint density at radius 2 is 1.90 bits per heavy atom. The Balaban J connectivity index is 1.99. The molecule has 1 saturated heterocycles. The number of carboxylic acids is 1. The molecule has 0 aromatic heterocycles. The maximum Gasteiger partial charge on any atom is 0.317 e. The van der Waals surface area contributed by atoms with Crippen LogP contribution < -0.4 is 0 Å². The summed E-state index contributed by atoms with van der Waals surface area (Å²) in [5.74, 6) is -1.73. The average Bonchev–Trinajstić information content (AvgIpc) is 2.38. The molecule has 2 rings (SSSR count). The van der Waals surface area contributed by atoms with Crippen LogP contribution in [0, 0.1) is 12.7 Å². The second-order valence-electron chi connectivity index (χ2n) is 4.95. The Hall–Kier alpha value is -1.95. The van der Waals surface area contributed by atoms with Crippen LogP contribution in [0.15, 0.2) is 18.2 Å². The second-order valence-corrected chi connectivity index (χ2v) is 4.95. The van der Waals surface area contributed by atoms with Gasteiger partial charge < -0.3 is 10.0 Å². The number of benzene rings is 1. The summed E-state index contributed by atoms with van der Waals surface area (Å²) < 4.78 is 13.8. The van der Waals surface area contributed by atoms with Crippen molar-refractivity contribution < 1.29 is 19.1 Å². The average molecular weight is 280 g/mol. The molecule has 1 heterocycles. The van der Waals surface area contributed by atoms with Crippen LogP contribution in [-0.2, 0) is 4.79 Å². The van der Waals surface area contributed by atoms with Crippen LogP contribution in [0.4, 0.5) is 4.39 Å². The van der Waals surface area contributed by atoms with Gasteiger partial charge in [-0.15, -0.1) is 0 Å². The molecule has 1 fully saturated rings. The van der Waals surface area contributed by atoms with E-state index in [4.69, 9.17) is 5.11 Å². The summed E-state index contributed by atoms with van der Waals surface area (Å²) in [6, 6.07) is 4.54. The first kappa shape index (κ1) is 14.5. The summed E-state index contributed by atoms with van der Waals surface area (Å²) in [6.07, 6.45) is 0. The maximum atomic E-state index is 13.8. The molecule has 0 bridgehead atoms. The minimum Gasteiger partial charge on any atom is -0.480 e. The van der Waals surface area contributed by atoms with E-state index in [1.807, 2.05) is 0 Å². The third-order valence-electron chi connectivity index (χ3n) is 3.37. The van der Waals surface area contributed by atoms with E-state index in [1.54, 1.807) is 22.8 Å². The lowest BCUT2D eigenvalue weighted by molar-refractivity contribution is -0.138. The van der Waals surface area contributed by atoms with E-state index in [0.29, 0.717) is 26.2 Å². The van der Waals surface area contributed by atoms with Crippen molar-refractivity contribution in [1.29, 1.82) is 0 Å². The predicted octanol–water partition coefficient (Wildman–Crippen LogP) is 0.977. The second kappa shape index (κ2) is 6.00. The van der Waals surface area contributed by atoms with Gasteiger partial charge in [0.1, 0.15) is 5.82 Å². The quantitative estimate of drug-likeness (QED) is 0.896. The Labute approximate surface area is 116 Å². The largest absolute Gasteiger partial charge is 0.480 e. The highest BCUT2D eigenvalue weighted by Gasteiger charge is 2.24. The van der Waals surface area contributed by atoms with Crippen molar-refractivity contribution in [3.63, 3.8) is 0 Å². The van der Waals surface area contributed by atoms with E-state index in [2.05, 4.69) is 0 Å². The fraction of sp³-hybridized carbons (Fsp3) is 0.429. The fourth-order valence-electron chi connectivity index (χ4n) is 2.26. The number of amides is 1. The van der Waals surface area contributed by atoms with Gasteiger partial charge in [0.15, 0.2) is 0 Å². The molecule has 1 aliphatic rings. The van der Waals surface area contributed by atoms with Crippen molar-refractivity contribution in [2.24, 2.45) is 0 Å². The summed E-state index contributed by atoms with van der Waals surface area (Å²) in [6.45, 7) is 3.55. The Morgan fingerprint density at radius 3 is 2.45 bits per heavy atom. The molecular weight excluding hydrogens is 263 g/mol. The molecule has 0 atom stereocenters. The van der Waals surface area contributed by atoms with Gasteiger partial charge in [-0.2, -0.15) is 0 Å². The lowest BCUT2D eigenvalue weighted by atomic mass is 10.1. The number of aryl methyl sites for hydroxylation is 1. The molecule has 1 aromatic carbocycles. The fourth-order valence-corrected chi connectivity index (χ4v) is 2.26. The molecule has 0 aliphatic carbocycles. The number of rotatable bonds is 3. The molecule has 1 N–H and O–H groups in total. The van der Waals surface area contributed by atoms with Gasteiger partial charge in [0.05, 0.1) is 12.1 Å². The Bertz CT molecular complexity index is 525. The van der Waals surface area contributed by atoms with Crippen LogP contribution in [0.25, 0.3) is 0 Å². The lowest BCUT2D eigenvalue weighted by Crippen LogP contribution is -2.50. The molecule has 108 valence electrons. The topological polar surface area (TPSA) is 60.9 Å². The van der Waals surface area contributed by atoms with E-state index in [1.165, 1.54) is 12.1 Å². The van der Waals surface area contributed by atoms with Crippen molar-refractivity contribution in [2.75, 3.05) is 32.7 Å². The van der Waals surface area contributed by atoms with E-state index in [-0.39, 0.29) is 18.0 Å². The number of nitrogens with zero attached hydrogens (tertiary/aromatic N) is 2. The van der Waals surface area contributed by atoms with Crippen LogP contribution in [0.2, 0.25) is 0 Å². The Kier molecular flexibility index (Phi) is 4.34. The van der Waals surface area contributed by atoms with Gasteiger partial charge in [0.2, 0.25) is 0 Å². The predicted molar refractivity (Wildman–Crippen MR) is 71.1 cm³/mol. The third kappa shape index (κ3) is 3.33. The maximum absolute atomic E-state index is 13.8. The number of aliphatic carboxylic acids is 1. The van der Waals surface area contributed by atoms with Crippen molar-refractivity contribution in [3.05, 3.63) is 35.1 Å². The standard InChI is InChI=1S/C14H17FN2O3/c1-10-2-3-11(12(15)8-10)14(20)17-6-4-16(5-7-17)9-13(18)19/h2-3,8H,4-7,9H2,1H3,(H,18,19). The minimum atomic E-state index is -0.880. The third-order valence-corrected chi connectivity index (χ3v) is 3.37. The first-order valence-corrected chi connectivity index (χ1v) is 6.47. The first-order valence-electron chi connectivity index (χ1n) is 6.47. The molecule has 1 aromatic rings. The first-order chi connectivity index (χ1) is 9.47. The van der Waals surface area contributed by atoms with E-state index >= 15 is 0 Å². The van der Waals surface area contributed by atoms with Crippen LogP contribution in [0.1, 0.15) is 15.9 Å². The van der Waals surface area contributed by atoms with Gasteiger partial charge in [0.25, 0.3) is 5.91 Å². The monoisotopic (exact) mass is 280 g/mol. The minimum absolute atomic E-state index is 0.0269. The number of carboxylic acid groups (broad SMARTS) is 1. The molecule has 5 nitrogen and oxygen atoms in total. The van der Waals surface area contributed by atoms with Gasteiger partial charge in [0, 0.05) is 26.2 Å². The smallest absolute Gasteiger partial charge is 0.317 e. The number of halogens is 1. The SMILES string of the molecule is Cc1ccc(C(=O)N2CCN(CC(=O)O)CC2)c(F)c1. The summed E-state index contributed by atoms with van der Waals surface area (Å²) in [7, 11) is 0. The number of carbonyl (C=O) groups excluding carboxylic acids is 1.